The van der Waals surface area contributed by atoms with Crippen molar-refractivity contribution in [2.45, 2.75) is 13.0 Å². The fourth-order valence-corrected chi connectivity index (χ4v) is 4.17. The van der Waals surface area contributed by atoms with Crippen molar-refractivity contribution in [3.05, 3.63) is 50.8 Å². The predicted molar refractivity (Wildman–Crippen MR) is 101 cm³/mol. The van der Waals surface area contributed by atoms with Crippen molar-refractivity contribution in [3.8, 4) is 0 Å². The Morgan fingerprint density at radius 1 is 1.44 bits per heavy atom. The van der Waals surface area contributed by atoms with E-state index in [-0.39, 0.29) is 17.9 Å². The first-order valence-corrected chi connectivity index (χ1v) is 9.98. The summed E-state index contributed by atoms with van der Waals surface area (Å²) in [6.07, 6.45) is 4.09. The van der Waals surface area contributed by atoms with E-state index < -0.39 is 34.0 Å². The van der Waals surface area contributed by atoms with Crippen LogP contribution in [-0.4, -0.2) is 54.4 Å². The van der Waals surface area contributed by atoms with Crippen LogP contribution in [0.2, 0.25) is 0 Å². The van der Waals surface area contributed by atoms with E-state index in [1.54, 1.807) is 6.08 Å². The second-order valence-electron chi connectivity index (χ2n) is 5.05. The van der Waals surface area contributed by atoms with Crippen LogP contribution in [0.3, 0.4) is 0 Å². The molecule has 138 valence electrons. The van der Waals surface area contributed by atoms with Gasteiger partial charge >= 0.3 is 5.69 Å². The molecule has 4 N–H and O–H groups in total. The van der Waals surface area contributed by atoms with E-state index in [1.807, 2.05) is 0 Å². The number of H-pyrrole nitrogens is 2. The Morgan fingerprint density at radius 3 is 2.76 bits per heavy atom. The Bertz CT molecular complexity index is 769. The summed E-state index contributed by atoms with van der Waals surface area (Å²) in [5, 5.41) is 12.2. The molecule has 1 aromatic rings. The topological polar surface area (TPSA) is 132 Å². The van der Waals surface area contributed by atoms with Crippen LogP contribution in [-0.2, 0) is 15.6 Å². The Kier molecular flexibility index (Phi) is 9.17. The number of aromatic nitrogens is 2. The van der Waals surface area contributed by atoms with Gasteiger partial charge in [0, 0.05) is 34.1 Å². The van der Waals surface area contributed by atoms with Crippen molar-refractivity contribution in [1.29, 1.82) is 0 Å². The second-order valence-corrected chi connectivity index (χ2v) is 7.95. The first-order chi connectivity index (χ1) is 11.9. The maximum atomic E-state index is 11.9. The van der Waals surface area contributed by atoms with Gasteiger partial charge in [0.2, 0.25) is 5.91 Å². The third kappa shape index (κ3) is 7.67. The van der Waals surface area contributed by atoms with Crippen LogP contribution >= 0.6 is 11.8 Å². The molecular weight excluding hydrogens is 366 g/mol. The van der Waals surface area contributed by atoms with E-state index >= 15 is 0 Å². The molecule has 0 saturated carbocycles. The van der Waals surface area contributed by atoms with Crippen LogP contribution in [0.15, 0.2) is 28.3 Å². The van der Waals surface area contributed by atoms with Gasteiger partial charge in [-0.15, -0.1) is 18.3 Å². The number of nitrogens with one attached hydrogen (secondary N) is 3. The molecule has 0 spiro atoms. The van der Waals surface area contributed by atoms with Gasteiger partial charge in [0.05, 0.1) is 23.3 Å². The van der Waals surface area contributed by atoms with Crippen molar-refractivity contribution < 1.29 is 14.1 Å². The summed E-state index contributed by atoms with van der Waals surface area (Å²) in [6.45, 7) is 4.75. The lowest BCUT2D eigenvalue weighted by molar-refractivity contribution is -0.117. The van der Waals surface area contributed by atoms with Crippen molar-refractivity contribution in [2.75, 3.05) is 23.2 Å². The molecule has 2 atom stereocenters. The monoisotopic (exact) mass is 387 g/mol. The zero-order chi connectivity index (χ0) is 18.8. The number of aliphatic hydroxyl groups is 1. The molecule has 0 saturated heterocycles. The fraction of sp³-hybridized carbons (Fsp3) is 0.400. The van der Waals surface area contributed by atoms with E-state index in [0.717, 1.165) is 6.08 Å². The van der Waals surface area contributed by atoms with E-state index in [0.29, 0.717) is 16.5 Å². The van der Waals surface area contributed by atoms with Crippen molar-refractivity contribution in [2.24, 2.45) is 0 Å². The maximum Gasteiger partial charge on any atom is 0.325 e. The Balaban J connectivity index is 2.65. The van der Waals surface area contributed by atoms with Gasteiger partial charge in [-0.1, -0.05) is 6.08 Å². The van der Waals surface area contributed by atoms with Crippen molar-refractivity contribution in [3.63, 3.8) is 0 Å². The smallest absolute Gasteiger partial charge is 0.325 e. The maximum absolute atomic E-state index is 11.9. The lowest BCUT2D eigenvalue weighted by Crippen LogP contribution is -2.40. The SMILES string of the molecule is C=CCSCS(=O)C[C@H](CO)NC(=O)/C=C/c1c(C)[nH]c(=O)[nH]c1=O. The van der Waals surface area contributed by atoms with Gasteiger partial charge in [0.15, 0.2) is 0 Å². The second kappa shape index (κ2) is 10.9. The number of amides is 1. The van der Waals surface area contributed by atoms with Crippen molar-refractivity contribution >= 4 is 34.5 Å². The molecule has 1 amide bonds. The lowest BCUT2D eigenvalue weighted by Gasteiger charge is -2.14. The number of hydrogen-bond acceptors (Lipinski definition) is 6. The van der Waals surface area contributed by atoms with Crippen LogP contribution < -0.4 is 16.6 Å². The summed E-state index contributed by atoms with van der Waals surface area (Å²) in [7, 11) is -1.20. The van der Waals surface area contributed by atoms with Crippen molar-refractivity contribution in [1.82, 2.24) is 15.3 Å². The van der Waals surface area contributed by atoms with E-state index in [9.17, 15) is 23.7 Å². The number of carbonyl (C=O) groups is 1. The number of rotatable bonds is 10. The average Bonchev–Trinajstić information content (AvgIpc) is 2.53. The van der Waals surface area contributed by atoms with E-state index in [2.05, 4.69) is 21.9 Å². The molecule has 1 unspecified atom stereocenters. The molecule has 0 radical (unpaired) electrons. The number of aliphatic hydroxyl groups excluding tert-OH is 1. The molecule has 8 nitrogen and oxygen atoms in total. The fourth-order valence-electron chi connectivity index (χ4n) is 1.86. The Morgan fingerprint density at radius 2 is 2.16 bits per heavy atom. The number of aromatic amines is 2. The third-order valence-electron chi connectivity index (χ3n) is 2.98. The number of hydrogen-bond donors (Lipinski definition) is 4. The zero-order valence-electron chi connectivity index (χ0n) is 13.7. The van der Waals surface area contributed by atoms with Gasteiger partial charge in [-0.05, 0) is 13.0 Å². The molecule has 1 aromatic heterocycles. The highest BCUT2D eigenvalue weighted by molar-refractivity contribution is 8.10. The number of carbonyl (C=O) groups excluding carboxylic acids is 1. The van der Waals surface area contributed by atoms with E-state index in [4.69, 9.17) is 0 Å². The quantitative estimate of drug-likeness (QED) is 0.243. The summed E-state index contributed by atoms with van der Waals surface area (Å²) in [5.41, 5.74) is -0.748. The number of thioether (sulfide) groups is 1. The normalized spacial score (nSPS) is 13.5. The van der Waals surface area contributed by atoms with Gasteiger partial charge in [-0.25, -0.2) is 4.79 Å². The van der Waals surface area contributed by atoms with Gasteiger partial charge in [-0.3, -0.25) is 18.8 Å². The summed E-state index contributed by atoms with van der Waals surface area (Å²) in [6, 6.07) is -0.655. The summed E-state index contributed by atoms with van der Waals surface area (Å²) in [4.78, 5) is 39.2. The molecule has 0 aromatic carbocycles. The number of aryl methyl sites for hydroxylation is 1. The highest BCUT2D eigenvalue weighted by Crippen LogP contribution is 2.04. The molecule has 0 fully saturated rings. The zero-order valence-corrected chi connectivity index (χ0v) is 15.4. The first kappa shape index (κ1) is 21.1. The van der Waals surface area contributed by atoms with Crippen LogP contribution in [0.25, 0.3) is 6.08 Å². The summed E-state index contributed by atoms with van der Waals surface area (Å²) in [5.74, 6) is 0.260. The first-order valence-electron chi connectivity index (χ1n) is 7.33. The standard InChI is InChI=1S/C15H21N3O5S2/c1-3-6-24-9-25(23)8-11(7-19)17-13(20)5-4-12-10(2)16-15(22)18-14(12)21/h3-5,11,19H,1,6-9H2,2H3,(H,17,20)(H2,16,18,21,22)/b5-4+/t11-,25?/m0/s1. The Hall–Kier alpha value is -1.91. The molecule has 25 heavy (non-hydrogen) atoms. The molecule has 1 heterocycles. The lowest BCUT2D eigenvalue weighted by atomic mass is 10.2. The molecule has 0 aliphatic carbocycles. The molecule has 0 bridgehead atoms. The Labute approximate surface area is 151 Å². The molecule has 0 aliphatic heterocycles. The molecular formula is C15H21N3O5S2. The van der Waals surface area contributed by atoms with Crippen LogP contribution in [0, 0.1) is 6.92 Å². The van der Waals surface area contributed by atoms with Crippen LogP contribution in [0.1, 0.15) is 11.3 Å². The predicted octanol–water partition coefficient (Wildman–Crippen LogP) is -0.513. The van der Waals surface area contributed by atoms with Gasteiger partial charge in [0.1, 0.15) is 0 Å². The molecule has 1 rings (SSSR count). The highest BCUT2D eigenvalue weighted by atomic mass is 32.2. The summed E-state index contributed by atoms with van der Waals surface area (Å²) < 4.78 is 11.9. The minimum absolute atomic E-state index is 0.124. The van der Waals surface area contributed by atoms with Gasteiger partial charge in [-0.2, -0.15) is 0 Å². The van der Waals surface area contributed by atoms with Gasteiger partial charge in [0.25, 0.3) is 5.56 Å². The minimum atomic E-state index is -1.20. The van der Waals surface area contributed by atoms with Gasteiger partial charge < -0.3 is 15.4 Å². The average molecular weight is 387 g/mol. The molecule has 0 aliphatic rings. The van der Waals surface area contributed by atoms with Crippen LogP contribution in [0.5, 0.6) is 0 Å². The summed E-state index contributed by atoms with van der Waals surface area (Å²) >= 11 is 1.45. The van der Waals surface area contributed by atoms with Crippen LogP contribution in [0.4, 0.5) is 0 Å². The third-order valence-corrected chi connectivity index (χ3v) is 5.95. The highest BCUT2D eigenvalue weighted by Gasteiger charge is 2.14. The largest absolute Gasteiger partial charge is 0.394 e. The minimum Gasteiger partial charge on any atom is -0.394 e. The molecule has 10 heteroatoms. The van der Waals surface area contributed by atoms with E-state index in [1.165, 1.54) is 24.8 Å².